The van der Waals surface area contributed by atoms with Crippen LogP contribution in [0.2, 0.25) is 5.02 Å². The summed E-state index contributed by atoms with van der Waals surface area (Å²) in [5.41, 5.74) is 3.81. The maximum absolute atomic E-state index is 6.14. The summed E-state index contributed by atoms with van der Waals surface area (Å²) in [7, 11) is 4.07. The van der Waals surface area contributed by atoms with Crippen molar-refractivity contribution in [2.75, 3.05) is 37.8 Å². The highest BCUT2D eigenvalue weighted by Crippen LogP contribution is 2.26. The van der Waals surface area contributed by atoms with E-state index in [1.165, 1.54) is 0 Å². The largest absolute Gasteiger partial charge is 0.353 e. The van der Waals surface area contributed by atoms with Crippen LogP contribution in [0, 0.1) is 6.92 Å². The second-order valence-corrected chi connectivity index (χ2v) is 6.95. The monoisotopic (exact) mass is 382 g/mol. The van der Waals surface area contributed by atoms with Crippen molar-refractivity contribution in [2.45, 2.75) is 6.92 Å². The average Bonchev–Trinajstić information content (AvgIpc) is 2.65. The molecule has 1 aromatic carbocycles. The molecule has 7 heteroatoms. The van der Waals surface area contributed by atoms with Gasteiger partial charge in [-0.3, -0.25) is 4.98 Å². The Morgan fingerprint density at radius 2 is 1.81 bits per heavy atom. The van der Waals surface area contributed by atoms with E-state index in [-0.39, 0.29) is 0 Å². The lowest BCUT2D eigenvalue weighted by molar-refractivity contribution is 0.425. The molecular weight excluding hydrogens is 360 g/mol. The van der Waals surface area contributed by atoms with Crippen molar-refractivity contribution in [1.82, 2.24) is 19.9 Å². The molecule has 0 aliphatic rings. The highest BCUT2D eigenvalue weighted by atomic mass is 35.5. The summed E-state index contributed by atoms with van der Waals surface area (Å²) in [4.78, 5) is 15.4. The Morgan fingerprint density at radius 1 is 1.04 bits per heavy atom. The fraction of sp³-hybridized carbons (Fsp3) is 0.250. The molecule has 27 heavy (non-hydrogen) atoms. The lowest BCUT2D eigenvalue weighted by Gasteiger charge is -2.14. The number of halogens is 1. The number of rotatable bonds is 7. The molecule has 0 saturated carbocycles. The zero-order valence-corrected chi connectivity index (χ0v) is 16.5. The number of aryl methyl sites for hydroxylation is 1. The van der Waals surface area contributed by atoms with Crippen molar-refractivity contribution in [3.8, 4) is 11.3 Å². The van der Waals surface area contributed by atoms with Gasteiger partial charge in [0.2, 0.25) is 5.95 Å². The van der Waals surface area contributed by atoms with Crippen molar-refractivity contribution >= 4 is 29.1 Å². The summed E-state index contributed by atoms with van der Waals surface area (Å²) in [6.07, 6.45) is 3.51. The van der Waals surface area contributed by atoms with E-state index < -0.39 is 0 Å². The minimum absolute atomic E-state index is 0.577. The molecule has 0 amide bonds. The highest BCUT2D eigenvalue weighted by molar-refractivity contribution is 6.30. The number of nitrogens with zero attached hydrogens (tertiary/aromatic N) is 4. The molecule has 0 atom stereocenters. The average molecular weight is 383 g/mol. The summed E-state index contributed by atoms with van der Waals surface area (Å²) in [5, 5.41) is 7.33. The fourth-order valence-electron chi connectivity index (χ4n) is 2.52. The van der Waals surface area contributed by atoms with Crippen LogP contribution < -0.4 is 10.6 Å². The van der Waals surface area contributed by atoms with E-state index in [0.717, 1.165) is 35.6 Å². The van der Waals surface area contributed by atoms with E-state index in [9.17, 15) is 0 Å². The van der Waals surface area contributed by atoms with Crippen LogP contribution in [0.3, 0.4) is 0 Å². The number of hydrogen-bond donors (Lipinski definition) is 2. The molecule has 0 aliphatic heterocycles. The van der Waals surface area contributed by atoms with Gasteiger partial charge in [-0.1, -0.05) is 17.7 Å². The van der Waals surface area contributed by atoms with E-state index >= 15 is 0 Å². The van der Waals surface area contributed by atoms with E-state index in [0.29, 0.717) is 16.8 Å². The summed E-state index contributed by atoms with van der Waals surface area (Å²) in [6, 6.07) is 11.5. The predicted octanol–water partition coefficient (Wildman–Crippen LogP) is 4.22. The predicted molar refractivity (Wildman–Crippen MR) is 112 cm³/mol. The smallest absolute Gasteiger partial charge is 0.225 e. The van der Waals surface area contributed by atoms with Crippen molar-refractivity contribution < 1.29 is 0 Å². The first-order valence-electron chi connectivity index (χ1n) is 8.72. The minimum atomic E-state index is 0.577. The van der Waals surface area contributed by atoms with Crippen molar-refractivity contribution in [3.63, 3.8) is 0 Å². The van der Waals surface area contributed by atoms with Gasteiger partial charge in [0.25, 0.3) is 0 Å². The highest BCUT2D eigenvalue weighted by Gasteiger charge is 2.09. The first-order valence-corrected chi connectivity index (χ1v) is 9.10. The molecule has 0 fully saturated rings. The molecule has 2 N–H and O–H groups in total. The van der Waals surface area contributed by atoms with Gasteiger partial charge in [-0.05, 0) is 50.8 Å². The van der Waals surface area contributed by atoms with Gasteiger partial charge in [-0.2, -0.15) is 4.98 Å². The molecule has 6 nitrogen and oxygen atoms in total. The molecule has 140 valence electrons. The molecule has 0 spiro atoms. The molecular formula is C20H23ClN6. The molecule has 0 bridgehead atoms. The number of hydrogen-bond acceptors (Lipinski definition) is 6. The first-order chi connectivity index (χ1) is 13.0. The molecule has 2 aromatic heterocycles. The topological polar surface area (TPSA) is 66.0 Å². The first kappa shape index (κ1) is 19.1. The van der Waals surface area contributed by atoms with Crippen LogP contribution in [0.5, 0.6) is 0 Å². The number of benzene rings is 1. The van der Waals surface area contributed by atoms with E-state index in [4.69, 9.17) is 11.6 Å². The Bertz CT molecular complexity index is 898. The number of anilines is 3. The second-order valence-electron chi connectivity index (χ2n) is 6.51. The Kier molecular flexibility index (Phi) is 6.21. The molecule has 3 rings (SSSR count). The van der Waals surface area contributed by atoms with E-state index in [1.807, 2.05) is 57.4 Å². The summed E-state index contributed by atoms with van der Waals surface area (Å²) < 4.78 is 0. The van der Waals surface area contributed by atoms with Gasteiger partial charge in [0.05, 0.1) is 5.69 Å². The minimum Gasteiger partial charge on any atom is -0.353 e. The number of aromatic nitrogens is 3. The third-order valence-electron chi connectivity index (χ3n) is 4.01. The third-order valence-corrected chi connectivity index (χ3v) is 4.24. The summed E-state index contributed by atoms with van der Waals surface area (Å²) in [6.45, 7) is 3.67. The van der Waals surface area contributed by atoms with Crippen LogP contribution >= 0.6 is 11.6 Å². The van der Waals surface area contributed by atoms with Crippen LogP contribution in [0.1, 0.15) is 5.56 Å². The normalized spacial score (nSPS) is 10.9. The maximum Gasteiger partial charge on any atom is 0.225 e. The van der Waals surface area contributed by atoms with E-state index in [1.54, 1.807) is 12.4 Å². The Morgan fingerprint density at radius 3 is 2.56 bits per heavy atom. The third kappa shape index (κ3) is 5.39. The quantitative estimate of drug-likeness (QED) is 0.637. The summed E-state index contributed by atoms with van der Waals surface area (Å²) >= 11 is 6.14. The van der Waals surface area contributed by atoms with Crippen molar-refractivity contribution in [3.05, 3.63) is 59.4 Å². The van der Waals surface area contributed by atoms with Crippen LogP contribution in [0.25, 0.3) is 11.3 Å². The molecule has 3 aromatic rings. The second kappa shape index (κ2) is 8.79. The van der Waals surface area contributed by atoms with Crippen LogP contribution in [-0.2, 0) is 0 Å². The van der Waals surface area contributed by atoms with Gasteiger partial charge in [0, 0.05) is 47.8 Å². The Labute approximate surface area is 164 Å². The number of likely N-dealkylation sites (N-methyl/N-ethyl adjacent to an activating group) is 1. The standard InChI is InChI=1S/C20H23ClN6/c1-14-4-5-16(21)12-17(14)24-19-13-18(15-6-8-22-9-7-15)25-20(26-19)23-10-11-27(2)3/h4-9,12-13H,10-11H2,1-3H3,(H2,23,24,25,26). The number of pyridine rings is 1. The van der Waals surface area contributed by atoms with Crippen LogP contribution in [0.15, 0.2) is 48.8 Å². The molecule has 0 aliphatic carbocycles. The molecule has 2 heterocycles. The fourth-order valence-corrected chi connectivity index (χ4v) is 2.69. The van der Waals surface area contributed by atoms with E-state index in [2.05, 4.69) is 30.5 Å². The SMILES string of the molecule is Cc1ccc(Cl)cc1Nc1cc(-c2ccncc2)nc(NCCN(C)C)n1. The lowest BCUT2D eigenvalue weighted by Crippen LogP contribution is -2.21. The lowest BCUT2D eigenvalue weighted by atomic mass is 10.2. The van der Waals surface area contributed by atoms with Crippen molar-refractivity contribution in [2.24, 2.45) is 0 Å². The molecule has 0 unspecified atom stereocenters. The Hall–Kier alpha value is -2.70. The molecule has 0 radical (unpaired) electrons. The van der Waals surface area contributed by atoms with Gasteiger partial charge in [0.15, 0.2) is 0 Å². The number of nitrogens with one attached hydrogen (secondary N) is 2. The molecule has 0 saturated heterocycles. The van der Waals surface area contributed by atoms with Gasteiger partial charge in [-0.15, -0.1) is 0 Å². The zero-order valence-electron chi connectivity index (χ0n) is 15.7. The van der Waals surface area contributed by atoms with Gasteiger partial charge in [0.1, 0.15) is 5.82 Å². The van der Waals surface area contributed by atoms with Gasteiger partial charge in [-0.25, -0.2) is 4.98 Å². The van der Waals surface area contributed by atoms with Crippen LogP contribution in [0.4, 0.5) is 17.5 Å². The van der Waals surface area contributed by atoms with Crippen molar-refractivity contribution in [1.29, 1.82) is 0 Å². The van der Waals surface area contributed by atoms with Crippen LogP contribution in [-0.4, -0.2) is 47.0 Å². The van der Waals surface area contributed by atoms with Gasteiger partial charge < -0.3 is 15.5 Å². The Balaban J connectivity index is 1.92. The summed E-state index contributed by atoms with van der Waals surface area (Å²) in [5.74, 6) is 1.28. The maximum atomic E-state index is 6.14. The van der Waals surface area contributed by atoms with Gasteiger partial charge >= 0.3 is 0 Å². The zero-order chi connectivity index (χ0) is 19.2.